The highest BCUT2D eigenvalue weighted by Gasteiger charge is 2.07. The lowest BCUT2D eigenvalue weighted by Gasteiger charge is -2.08. The van der Waals surface area contributed by atoms with Crippen molar-refractivity contribution in [3.05, 3.63) is 60.5 Å². The van der Waals surface area contributed by atoms with Crippen molar-refractivity contribution in [2.24, 2.45) is 0 Å². The van der Waals surface area contributed by atoms with Crippen molar-refractivity contribution in [3.8, 4) is 0 Å². The summed E-state index contributed by atoms with van der Waals surface area (Å²) in [5.74, 6) is -0.604. The molecular formula is C16H14FN3O. The summed E-state index contributed by atoms with van der Waals surface area (Å²) in [6.45, 7) is 0.142. The molecule has 3 aromatic rings. The fourth-order valence-electron chi connectivity index (χ4n) is 2.26. The molecule has 21 heavy (non-hydrogen) atoms. The van der Waals surface area contributed by atoms with E-state index in [4.69, 9.17) is 5.73 Å². The fourth-order valence-corrected chi connectivity index (χ4v) is 2.26. The molecule has 0 spiro atoms. The minimum absolute atomic E-state index is 0.142. The van der Waals surface area contributed by atoms with E-state index in [1.807, 2.05) is 30.5 Å². The molecule has 0 unspecified atom stereocenters. The molecule has 0 bridgehead atoms. The van der Waals surface area contributed by atoms with Crippen molar-refractivity contribution in [2.75, 3.05) is 11.1 Å². The second-order valence-electron chi connectivity index (χ2n) is 4.82. The first kappa shape index (κ1) is 13.2. The van der Waals surface area contributed by atoms with Gasteiger partial charge in [-0.05, 0) is 41.8 Å². The highest BCUT2D eigenvalue weighted by molar-refractivity contribution is 5.92. The first-order chi connectivity index (χ1) is 10.1. The summed E-state index contributed by atoms with van der Waals surface area (Å²) in [6, 6.07) is 13.3. The first-order valence-electron chi connectivity index (χ1n) is 6.51. The van der Waals surface area contributed by atoms with Crippen molar-refractivity contribution in [1.82, 2.24) is 4.57 Å². The predicted octanol–water partition coefficient (Wildman–Crippen LogP) is 3.00. The minimum atomic E-state index is -0.382. The van der Waals surface area contributed by atoms with Gasteiger partial charge in [0.25, 0.3) is 0 Å². The average Bonchev–Trinajstić information content (AvgIpc) is 2.81. The Balaban J connectivity index is 1.79. The molecular weight excluding hydrogens is 269 g/mol. The quantitative estimate of drug-likeness (QED) is 0.726. The van der Waals surface area contributed by atoms with Crippen LogP contribution >= 0.6 is 0 Å². The number of halogens is 1. The summed E-state index contributed by atoms with van der Waals surface area (Å²) >= 11 is 0. The summed E-state index contributed by atoms with van der Waals surface area (Å²) in [5, 5.41) is 3.69. The Bertz CT molecular complexity index is 810. The van der Waals surface area contributed by atoms with Crippen LogP contribution in [0.15, 0.2) is 54.7 Å². The maximum Gasteiger partial charge on any atom is 0.244 e. The summed E-state index contributed by atoms with van der Waals surface area (Å²) in [6.07, 6.45) is 1.83. The predicted molar refractivity (Wildman–Crippen MR) is 81.4 cm³/mol. The Kier molecular flexibility index (Phi) is 3.31. The normalized spacial score (nSPS) is 10.7. The van der Waals surface area contributed by atoms with Gasteiger partial charge in [-0.1, -0.05) is 12.1 Å². The molecule has 1 aromatic heterocycles. The number of fused-ring (bicyclic) bond motifs is 1. The number of hydrogen-bond donors (Lipinski definition) is 2. The maximum absolute atomic E-state index is 13.1. The van der Waals surface area contributed by atoms with Gasteiger partial charge in [0.05, 0.1) is 5.52 Å². The molecule has 0 saturated carbocycles. The van der Waals surface area contributed by atoms with Crippen LogP contribution in [0.4, 0.5) is 15.8 Å². The summed E-state index contributed by atoms with van der Waals surface area (Å²) in [4.78, 5) is 12.0. The third kappa shape index (κ3) is 2.86. The number of amides is 1. The molecule has 3 N–H and O–H groups in total. The number of benzene rings is 2. The molecule has 0 aliphatic carbocycles. The van der Waals surface area contributed by atoms with Gasteiger partial charge >= 0.3 is 0 Å². The van der Waals surface area contributed by atoms with Crippen molar-refractivity contribution in [2.45, 2.75) is 6.54 Å². The van der Waals surface area contributed by atoms with Crippen LogP contribution in [0.5, 0.6) is 0 Å². The second kappa shape index (κ2) is 5.28. The average molecular weight is 283 g/mol. The summed E-state index contributed by atoms with van der Waals surface area (Å²) in [5.41, 5.74) is 7.75. The number of rotatable bonds is 3. The van der Waals surface area contributed by atoms with Gasteiger partial charge in [-0.25, -0.2) is 4.39 Å². The standard InChI is InChI=1S/C16H14FN3O/c17-12-2-1-3-14(8-12)19-16(21)10-20-7-6-11-4-5-13(18)9-15(11)20/h1-9H,10,18H2,(H,19,21). The van der Waals surface area contributed by atoms with Crippen LogP contribution in [0.3, 0.4) is 0 Å². The first-order valence-corrected chi connectivity index (χ1v) is 6.51. The van der Waals surface area contributed by atoms with Gasteiger partial charge in [-0.3, -0.25) is 4.79 Å². The van der Waals surface area contributed by atoms with E-state index < -0.39 is 0 Å². The molecule has 0 saturated heterocycles. The minimum Gasteiger partial charge on any atom is -0.399 e. The number of nitrogens with one attached hydrogen (secondary N) is 1. The molecule has 2 aromatic carbocycles. The van der Waals surface area contributed by atoms with Crippen LogP contribution < -0.4 is 11.1 Å². The zero-order valence-corrected chi connectivity index (χ0v) is 11.2. The molecule has 106 valence electrons. The lowest BCUT2D eigenvalue weighted by Crippen LogP contribution is -2.18. The number of carbonyl (C=O) groups is 1. The van der Waals surface area contributed by atoms with Crippen LogP contribution in [0.1, 0.15) is 0 Å². The van der Waals surface area contributed by atoms with E-state index >= 15 is 0 Å². The molecule has 0 aliphatic heterocycles. The van der Waals surface area contributed by atoms with Crippen molar-refractivity contribution in [3.63, 3.8) is 0 Å². The van der Waals surface area contributed by atoms with E-state index in [2.05, 4.69) is 5.32 Å². The lowest BCUT2D eigenvalue weighted by molar-refractivity contribution is -0.116. The summed E-state index contributed by atoms with van der Waals surface area (Å²) < 4.78 is 14.9. The zero-order valence-electron chi connectivity index (χ0n) is 11.2. The Morgan fingerprint density at radius 3 is 2.86 bits per heavy atom. The molecule has 0 radical (unpaired) electrons. The van der Waals surface area contributed by atoms with Gasteiger partial charge in [-0.2, -0.15) is 0 Å². The number of aromatic nitrogens is 1. The third-order valence-electron chi connectivity index (χ3n) is 3.22. The molecule has 4 nitrogen and oxygen atoms in total. The van der Waals surface area contributed by atoms with Gasteiger partial charge < -0.3 is 15.6 Å². The van der Waals surface area contributed by atoms with E-state index in [1.54, 1.807) is 16.7 Å². The topological polar surface area (TPSA) is 60.0 Å². The Morgan fingerprint density at radius 2 is 2.05 bits per heavy atom. The molecule has 1 amide bonds. The van der Waals surface area contributed by atoms with Crippen LogP contribution in [0, 0.1) is 5.82 Å². The van der Waals surface area contributed by atoms with E-state index in [9.17, 15) is 9.18 Å². The number of nitrogens with zero attached hydrogens (tertiary/aromatic N) is 1. The van der Waals surface area contributed by atoms with Gasteiger partial charge in [0.15, 0.2) is 0 Å². The largest absolute Gasteiger partial charge is 0.399 e. The third-order valence-corrected chi connectivity index (χ3v) is 3.22. The van der Waals surface area contributed by atoms with Crippen LogP contribution in [-0.2, 0) is 11.3 Å². The lowest BCUT2D eigenvalue weighted by atomic mass is 10.2. The monoisotopic (exact) mass is 283 g/mol. The van der Waals surface area contributed by atoms with Gasteiger partial charge in [0.2, 0.25) is 5.91 Å². The molecule has 3 rings (SSSR count). The van der Waals surface area contributed by atoms with E-state index in [0.29, 0.717) is 11.4 Å². The summed E-state index contributed by atoms with van der Waals surface area (Å²) in [7, 11) is 0. The fraction of sp³-hybridized carbons (Fsp3) is 0.0625. The van der Waals surface area contributed by atoms with Crippen molar-refractivity contribution >= 4 is 28.2 Å². The molecule has 1 heterocycles. The van der Waals surface area contributed by atoms with Crippen LogP contribution in [-0.4, -0.2) is 10.5 Å². The van der Waals surface area contributed by atoms with Crippen molar-refractivity contribution in [1.29, 1.82) is 0 Å². The van der Waals surface area contributed by atoms with Crippen LogP contribution in [0.25, 0.3) is 10.9 Å². The molecule has 0 atom stereocenters. The van der Waals surface area contributed by atoms with E-state index in [1.165, 1.54) is 12.1 Å². The zero-order chi connectivity index (χ0) is 14.8. The highest BCUT2D eigenvalue weighted by Crippen LogP contribution is 2.19. The molecule has 0 fully saturated rings. The number of nitrogens with two attached hydrogens (primary N) is 1. The second-order valence-corrected chi connectivity index (χ2v) is 4.82. The molecule has 0 aliphatic rings. The Labute approximate surface area is 121 Å². The SMILES string of the molecule is Nc1ccc2ccn(CC(=O)Nc3cccc(F)c3)c2c1. The van der Waals surface area contributed by atoms with E-state index in [0.717, 1.165) is 10.9 Å². The van der Waals surface area contributed by atoms with Gasteiger partial charge in [0, 0.05) is 17.6 Å². The van der Waals surface area contributed by atoms with E-state index in [-0.39, 0.29) is 18.3 Å². The Morgan fingerprint density at radius 1 is 1.19 bits per heavy atom. The Hall–Kier alpha value is -2.82. The van der Waals surface area contributed by atoms with Crippen molar-refractivity contribution < 1.29 is 9.18 Å². The number of carbonyl (C=O) groups excluding carboxylic acids is 1. The number of anilines is 2. The molecule has 5 heteroatoms. The van der Waals surface area contributed by atoms with Gasteiger partial charge in [-0.15, -0.1) is 0 Å². The van der Waals surface area contributed by atoms with Gasteiger partial charge in [0.1, 0.15) is 12.4 Å². The number of nitrogen functional groups attached to an aromatic ring is 1. The maximum atomic E-state index is 13.1. The highest BCUT2D eigenvalue weighted by atomic mass is 19.1. The smallest absolute Gasteiger partial charge is 0.244 e. The number of hydrogen-bond acceptors (Lipinski definition) is 2. The van der Waals surface area contributed by atoms with Crippen LogP contribution in [0.2, 0.25) is 0 Å².